The fraction of sp³-hybridized carbons (Fsp3) is 0.286. The van der Waals surface area contributed by atoms with Gasteiger partial charge >= 0.3 is 0 Å². The van der Waals surface area contributed by atoms with Crippen LogP contribution >= 0.6 is 23.8 Å². The number of benzene rings is 1. The first kappa shape index (κ1) is 14.8. The van der Waals surface area contributed by atoms with Gasteiger partial charge in [0.05, 0.1) is 22.0 Å². The van der Waals surface area contributed by atoms with E-state index in [0.717, 1.165) is 23.4 Å². The summed E-state index contributed by atoms with van der Waals surface area (Å²) >= 11 is 11.3. The Kier molecular flexibility index (Phi) is 4.62. The van der Waals surface area contributed by atoms with Crippen molar-refractivity contribution < 1.29 is 4.74 Å². The molecule has 0 aliphatic carbocycles. The Balaban J connectivity index is 2.21. The van der Waals surface area contributed by atoms with E-state index < -0.39 is 0 Å². The number of para-hydroxylation sites is 1. The second kappa shape index (κ2) is 6.24. The van der Waals surface area contributed by atoms with Gasteiger partial charge in [0.25, 0.3) is 0 Å². The molecule has 2 aromatic rings. The van der Waals surface area contributed by atoms with Crippen LogP contribution in [0.3, 0.4) is 0 Å². The number of halogens is 1. The first-order valence-corrected chi connectivity index (χ1v) is 7.05. The highest BCUT2D eigenvalue weighted by Crippen LogP contribution is 2.24. The van der Waals surface area contributed by atoms with Crippen LogP contribution < -0.4 is 10.5 Å². The van der Waals surface area contributed by atoms with Gasteiger partial charge < -0.3 is 10.5 Å². The van der Waals surface area contributed by atoms with Crippen LogP contribution in [0, 0.1) is 0 Å². The lowest BCUT2D eigenvalue weighted by molar-refractivity contribution is 0.294. The summed E-state index contributed by atoms with van der Waals surface area (Å²) in [6.45, 7) is 2.34. The highest BCUT2D eigenvalue weighted by Gasteiger charge is 2.14. The standard InChI is InChI=1S/C14H16ClN3OS/c1-3-10-13(15)11(18(2)17-10)8-19-12-7-5-4-6-9(12)14(16)20/h4-7H,3,8H2,1-2H3,(H2,16,20). The van der Waals surface area contributed by atoms with Gasteiger partial charge in [-0.05, 0) is 18.6 Å². The summed E-state index contributed by atoms with van der Waals surface area (Å²) in [4.78, 5) is 0.311. The normalized spacial score (nSPS) is 10.6. The fourth-order valence-corrected chi connectivity index (χ4v) is 2.44. The van der Waals surface area contributed by atoms with Crippen molar-refractivity contribution >= 4 is 28.8 Å². The van der Waals surface area contributed by atoms with E-state index in [1.54, 1.807) is 4.68 Å². The number of rotatable bonds is 5. The van der Waals surface area contributed by atoms with Gasteiger partial charge in [-0.2, -0.15) is 5.10 Å². The minimum Gasteiger partial charge on any atom is -0.487 e. The van der Waals surface area contributed by atoms with Crippen molar-refractivity contribution in [3.63, 3.8) is 0 Å². The highest BCUT2D eigenvalue weighted by molar-refractivity contribution is 7.80. The summed E-state index contributed by atoms with van der Waals surface area (Å²) < 4.78 is 7.53. The molecule has 2 N–H and O–H groups in total. The lowest BCUT2D eigenvalue weighted by Gasteiger charge is -2.10. The first-order chi connectivity index (χ1) is 9.54. The second-order valence-electron chi connectivity index (χ2n) is 4.33. The van der Waals surface area contributed by atoms with Gasteiger partial charge in [0, 0.05) is 7.05 Å². The fourth-order valence-electron chi connectivity index (χ4n) is 1.92. The molecule has 0 radical (unpaired) electrons. The Morgan fingerprint density at radius 3 is 2.75 bits per heavy atom. The summed E-state index contributed by atoms with van der Waals surface area (Å²) in [6.07, 6.45) is 0.788. The first-order valence-electron chi connectivity index (χ1n) is 6.26. The molecule has 1 heterocycles. The molecule has 6 heteroatoms. The number of aryl methyl sites for hydroxylation is 2. The largest absolute Gasteiger partial charge is 0.487 e. The smallest absolute Gasteiger partial charge is 0.131 e. The Labute approximate surface area is 128 Å². The van der Waals surface area contributed by atoms with Crippen molar-refractivity contribution in [1.82, 2.24) is 9.78 Å². The quantitative estimate of drug-likeness (QED) is 0.863. The van der Waals surface area contributed by atoms with Crippen LogP contribution in [0.1, 0.15) is 23.9 Å². The molecule has 0 bridgehead atoms. The zero-order valence-corrected chi connectivity index (χ0v) is 13.0. The predicted molar refractivity (Wildman–Crippen MR) is 84.3 cm³/mol. The molecule has 0 saturated carbocycles. The zero-order valence-electron chi connectivity index (χ0n) is 11.4. The maximum Gasteiger partial charge on any atom is 0.131 e. The van der Waals surface area contributed by atoms with E-state index in [-0.39, 0.29) is 0 Å². The average molecular weight is 310 g/mol. The van der Waals surface area contributed by atoms with Crippen LogP contribution in [0.25, 0.3) is 0 Å². The van der Waals surface area contributed by atoms with Gasteiger partial charge in [0.2, 0.25) is 0 Å². The molecule has 0 aliphatic heterocycles. The molecule has 0 aliphatic rings. The average Bonchev–Trinajstić information content (AvgIpc) is 2.71. The molecule has 0 atom stereocenters. The molecule has 1 aromatic carbocycles. The molecule has 0 fully saturated rings. The maximum absolute atomic E-state index is 6.28. The second-order valence-corrected chi connectivity index (χ2v) is 5.15. The zero-order chi connectivity index (χ0) is 14.7. The third-order valence-corrected chi connectivity index (χ3v) is 3.68. The summed E-state index contributed by atoms with van der Waals surface area (Å²) in [5, 5.41) is 5.01. The monoisotopic (exact) mass is 309 g/mol. The van der Waals surface area contributed by atoms with E-state index in [9.17, 15) is 0 Å². The minimum atomic E-state index is 0.311. The third-order valence-electron chi connectivity index (χ3n) is 3.02. The Morgan fingerprint density at radius 2 is 2.15 bits per heavy atom. The molecular formula is C14H16ClN3OS. The third kappa shape index (κ3) is 2.94. The van der Waals surface area contributed by atoms with Gasteiger partial charge in [-0.1, -0.05) is 42.9 Å². The van der Waals surface area contributed by atoms with Crippen LogP contribution in [-0.2, 0) is 20.1 Å². The number of nitrogens with zero attached hydrogens (tertiary/aromatic N) is 2. The summed E-state index contributed by atoms with van der Waals surface area (Å²) in [6, 6.07) is 7.41. The van der Waals surface area contributed by atoms with Crippen LogP contribution in [-0.4, -0.2) is 14.8 Å². The van der Waals surface area contributed by atoms with Gasteiger partial charge in [-0.3, -0.25) is 4.68 Å². The molecule has 106 valence electrons. The van der Waals surface area contributed by atoms with Crippen molar-refractivity contribution in [2.45, 2.75) is 20.0 Å². The predicted octanol–water partition coefficient (Wildman–Crippen LogP) is 2.85. The van der Waals surface area contributed by atoms with Crippen LogP contribution in [0.15, 0.2) is 24.3 Å². The number of thiocarbonyl (C=S) groups is 1. The summed E-state index contributed by atoms with van der Waals surface area (Å²) in [5.74, 6) is 0.648. The molecule has 2 rings (SSSR count). The van der Waals surface area contributed by atoms with E-state index in [0.29, 0.717) is 22.4 Å². The Bertz CT molecular complexity index is 639. The number of hydrogen-bond donors (Lipinski definition) is 1. The molecule has 0 spiro atoms. The molecule has 0 unspecified atom stereocenters. The van der Waals surface area contributed by atoms with Crippen LogP contribution in [0.5, 0.6) is 5.75 Å². The molecule has 0 saturated heterocycles. The Morgan fingerprint density at radius 1 is 1.45 bits per heavy atom. The molecule has 20 heavy (non-hydrogen) atoms. The van der Waals surface area contributed by atoms with Crippen molar-refractivity contribution in [3.8, 4) is 5.75 Å². The lowest BCUT2D eigenvalue weighted by atomic mass is 10.2. The van der Waals surface area contributed by atoms with Gasteiger partial charge in [-0.25, -0.2) is 0 Å². The molecule has 4 nitrogen and oxygen atoms in total. The summed E-state index contributed by atoms with van der Waals surface area (Å²) in [5.41, 5.74) is 8.10. The van der Waals surface area contributed by atoms with E-state index in [1.165, 1.54) is 0 Å². The topological polar surface area (TPSA) is 53.1 Å². The molecule has 0 amide bonds. The highest BCUT2D eigenvalue weighted by atomic mass is 35.5. The number of aromatic nitrogens is 2. The molecule has 1 aromatic heterocycles. The van der Waals surface area contributed by atoms with Crippen LogP contribution in [0.4, 0.5) is 0 Å². The van der Waals surface area contributed by atoms with Gasteiger partial charge in [0.1, 0.15) is 17.3 Å². The van der Waals surface area contributed by atoms with Crippen molar-refractivity contribution in [2.75, 3.05) is 0 Å². The summed E-state index contributed by atoms with van der Waals surface area (Å²) in [7, 11) is 1.85. The molecular weight excluding hydrogens is 294 g/mol. The maximum atomic E-state index is 6.28. The lowest BCUT2D eigenvalue weighted by Crippen LogP contribution is -2.12. The van der Waals surface area contributed by atoms with Crippen molar-refractivity contribution in [2.24, 2.45) is 12.8 Å². The van der Waals surface area contributed by atoms with Gasteiger partial charge in [0.15, 0.2) is 0 Å². The SMILES string of the molecule is CCc1nn(C)c(COc2ccccc2C(N)=S)c1Cl. The number of ether oxygens (including phenoxy) is 1. The van der Waals surface area contributed by atoms with Crippen molar-refractivity contribution in [3.05, 3.63) is 46.2 Å². The Hall–Kier alpha value is -1.59. The van der Waals surface area contributed by atoms with E-state index in [1.807, 2.05) is 38.2 Å². The van der Waals surface area contributed by atoms with E-state index in [2.05, 4.69) is 5.10 Å². The van der Waals surface area contributed by atoms with Gasteiger partial charge in [-0.15, -0.1) is 0 Å². The van der Waals surface area contributed by atoms with Crippen LogP contribution in [0.2, 0.25) is 5.02 Å². The minimum absolute atomic E-state index is 0.311. The van der Waals surface area contributed by atoms with Crippen molar-refractivity contribution in [1.29, 1.82) is 0 Å². The number of hydrogen-bond acceptors (Lipinski definition) is 3. The van der Waals surface area contributed by atoms with E-state index in [4.69, 9.17) is 34.3 Å². The van der Waals surface area contributed by atoms with E-state index >= 15 is 0 Å². The number of nitrogens with two attached hydrogens (primary N) is 1.